The van der Waals surface area contributed by atoms with Gasteiger partial charge in [0, 0.05) is 38.7 Å². The van der Waals surface area contributed by atoms with Gasteiger partial charge in [0.15, 0.2) is 5.82 Å². The fourth-order valence-electron chi connectivity index (χ4n) is 3.57. The van der Waals surface area contributed by atoms with Gasteiger partial charge in [-0.25, -0.2) is 0 Å². The molecule has 0 saturated carbocycles. The Morgan fingerprint density at radius 1 is 0.968 bits per heavy atom. The monoisotopic (exact) mass is 419 g/mol. The Labute approximate surface area is 181 Å². The highest BCUT2D eigenvalue weighted by atomic mass is 16.3. The Morgan fingerprint density at radius 3 is 2.35 bits per heavy atom. The number of hydrogen-bond acceptors (Lipinski definition) is 6. The predicted molar refractivity (Wildman–Crippen MR) is 116 cm³/mol. The molecule has 1 saturated heterocycles. The van der Waals surface area contributed by atoms with Gasteiger partial charge in [0.05, 0.1) is 18.5 Å². The van der Waals surface area contributed by atoms with Crippen molar-refractivity contribution in [2.24, 2.45) is 0 Å². The van der Waals surface area contributed by atoms with E-state index < -0.39 is 0 Å². The van der Waals surface area contributed by atoms with Gasteiger partial charge in [0.1, 0.15) is 12.3 Å². The number of carbonyl (C=O) groups excluding carboxylic acids is 2. The molecule has 0 N–H and O–H groups in total. The van der Waals surface area contributed by atoms with E-state index in [0.29, 0.717) is 31.9 Å². The minimum absolute atomic E-state index is 0.0433. The van der Waals surface area contributed by atoms with E-state index in [1.54, 1.807) is 23.3 Å². The zero-order valence-electron chi connectivity index (χ0n) is 17.5. The Balaban J connectivity index is 1.31. The van der Waals surface area contributed by atoms with Crippen molar-refractivity contribution in [2.45, 2.75) is 13.5 Å². The average Bonchev–Trinajstić information content (AvgIpc) is 3.32. The minimum atomic E-state index is -0.155. The summed E-state index contributed by atoms with van der Waals surface area (Å²) in [4.78, 5) is 30.1. The van der Waals surface area contributed by atoms with Crippen LogP contribution in [0.1, 0.15) is 12.7 Å². The first-order valence-electron chi connectivity index (χ1n) is 10.3. The van der Waals surface area contributed by atoms with Crippen molar-refractivity contribution in [3.63, 3.8) is 0 Å². The number of carbonyl (C=O) groups is 2. The molecular weight excluding hydrogens is 394 g/mol. The van der Waals surface area contributed by atoms with Crippen LogP contribution in [0.15, 0.2) is 65.3 Å². The van der Waals surface area contributed by atoms with Gasteiger partial charge in [-0.05, 0) is 24.3 Å². The molecule has 8 heteroatoms. The highest BCUT2D eigenvalue weighted by molar-refractivity contribution is 5.84. The molecule has 160 valence electrons. The number of furan rings is 1. The lowest BCUT2D eigenvalue weighted by molar-refractivity contribution is -0.140. The number of benzene rings is 1. The number of rotatable bonds is 6. The smallest absolute Gasteiger partial charge is 0.242 e. The van der Waals surface area contributed by atoms with E-state index in [9.17, 15) is 9.59 Å². The second kappa shape index (κ2) is 9.42. The molecule has 1 aromatic carbocycles. The van der Waals surface area contributed by atoms with Crippen LogP contribution in [0.5, 0.6) is 0 Å². The van der Waals surface area contributed by atoms with E-state index >= 15 is 0 Å². The van der Waals surface area contributed by atoms with E-state index in [1.165, 1.54) is 11.8 Å². The number of amides is 2. The number of anilines is 1. The fraction of sp³-hybridized carbons (Fsp3) is 0.304. The highest BCUT2D eigenvalue weighted by Gasteiger charge is 2.25. The van der Waals surface area contributed by atoms with Gasteiger partial charge in [0.2, 0.25) is 11.8 Å². The van der Waals surface area contributed by atoms with Crippen molar-refractivity contribution < 1.29 is 14.0 Å². The first-order valence-corrected chi connectivity index (χ1v) is 10.3. The first-order chi connectivity index (χ1) is 15.1. The van der Waals surface area contributed by atoms with Crippen LogP contribution in [0.25, 0.3) is 11.3 Å². The predicted octanol–water partition coefficient (Wildman–Crippen LogP) is 2.43. The molecule has 0 atom stereocenters. The van der Waals surface area contributed by atoms with Gasteiger partial charge in [-0.3, -0.25) is 9.59 Å². The Morgan fingerprint density at radius 2 is 1.74 bits per heavy atom. The summed E-state index contributed by atoms with van der Waals surface area (Å²) in [6, 6.07) is 17.4. The summed E-state index contributed by atoms with van der Waals surface area (Å²) in [6.07, 6.45) is 1.56. The summed E-state index contributed by atoms with van der Waals surface area (Å²) >= 11 is 0. The maximum absolute atomic E-state index is 12.7. The lowest BCUT2D eigenvalue weighted by atomic mass is 10.1. The molecule has 2 aromatic heterocycles. The number of nitrogens with zero attached hydrogens (tertiary/aromatic N) is 5. The van der Waals surface area contributed by atoms with E-state index in [-0.39, 0.29) is 24.9 Å². The molecule has 0 spiro atoms. The summed E-state index contributed by atoms with van der Waals surface area (Å²) in [7, 11) is 0. The zero-order valence-corrected chi connectivity index (χ0v) is 17.5. The van der Waals surface area contributed by atoms with Gasteiger partial charge < -0.3 is 19.1 Å². The molecule has 0 bridgehead atoms. The molecule has 0 aliphatic carbocycles. The average molecular weight is 419 g/mol. The normalized spacial score (nSPS) is 13.8. The Hall–Kier alpha value is -3.68. The molecule has 0 unspecified atom stereocenters. The van der Waals surface area contributed by atoms with E-state index in [4.69, 9.17) is 4.42 Å². The molecule has 8 nitrogen and oxygen atoms in total. The van der Waals surface area contributed by atoms with Crippen LogP contribution < -0.4 is 4.90 Å². The van der Waals surface area contributed by atoms with E-state index in [2.05, 4.69) is 15.1 Å². The third kappa shape index (κ3) is 5.09. The molecule has 3 aromatic rings. The molecule has 2 amide bonds. The van der Waals surface area contributed by atoms with Crippen LogP contribution in [0.3, 0.4) is 0 Å². The minimum Gasteiger partial charge on any atom is -0.467 e. The van der Waals surface area contributed by atoms with Crippen LogP contribution in [0.4, 0.5) is 5.82 Å². The third-order valence-electron chi connectivity index (χ3n) is 5.37. The molecule has 1 aliphatic heterocycles. The summed E-state index contributed by atoms with van der Waals surface area (Å²) < 4.78 is 5.30. The van der Waals surface area contributed by atoms with Gasteiger partial charge in [0.25, 0.3) is 0 Å². The topological polar surface area (TPSA) is 82.8 Å². The lowest BCUT2D eigenvalue weighted by Crippen LogP contribution is -2.51. The van der Waals surface area contributed by atoms with Crippen LogP contribution in [0.2, 0.25) is 0 Å². The van der Waals surface area contributed by atoms with Crippen molar-refractivity contribution >= 4 is 17.6 Å². The molecule has 31 heavy (non-hydrogen) atoms. The van der Waals surface area contributed by atoms with E-state index in [1.807, 2.05) is 42.5 Å². The van der Waals surface area contributed by atoms with Crippen LogP contribution in [0, 0.1) is 0 Å². The van der Waals surface area contributed by atoms with Crippen molar-refractivity contribution in [2.75, 3.05) is 37.6 Å². The molecule has 0 radical (unpaired) electrons. The summed E-state index contributed by atoms with van der Waals surface area (Å²) in [5.41, 5.74) is 1.86. The number of hydrogen-bond donors (Lipinski definition) is 0. The fourth-order valence-corrected chi connectivity index (χ4v) is 3.57. The number of piperazine rings is 1. The summed E-state index contributed by atoms with van der Waals surface area (Å²) in [5.74, 6) is 1.24. The SMILES string of the molecule is CC(=O)N(CC(=O)N1CCN(c2ccc(-c3ccccc3)nn2)CC1)Cc1ccco1. The van der Waals surface area contributed by atoms with Gasteiger partial charge in [-0.2, -0.15) is 0 Å². The summed E-state index contributed by atoms with van der Waals surface area (Å²) in [6.45, 7) is 4.29. The van der Waals surface area contributed by atoms with Crippen LogP contribution in [-0.4, -0.2) is 64.5 Å². The largest absolute Gasteiger partial charge is 0.467 e. The van der Waals surface area contributed by atoms with Gasteiger partial charge >= 0.3 is 0 Å². The molecule has 4 rings (SSSR count). The molecular formula is C23H25N5O3. The first kappa shape index (κ1) is 20.6. The molecule has 1 fully saturated rings. The Kier molecular flexibility index (Phi) is 6.26. The maximum atomic E-state index is 12.7. The Bertz CT molecular complexity index is 997. The van der Waals surface area contributed by atoms with Crippen molar-refractivity contribution in [1.29, 1.82) is 0 Å². The highest BCUT2D eigenvalue weighted by Crippen LogP contribution is 2.19. The van der Waals surface area contributed by atoms with E-state index in [0.717, 1.165) is 17.1 Å². The number of aromatic nitrogens is 2. The quantitative estimate of drug-likeness (QED) is 0.610. The van der Waals surface area contributed by atoms with Crippen LogP contribution >= 0.6 is 0 Å². The second-order valence-corrected chi connectivity index (χ2v) is 7.47. The van der Waals surface area contributed by atoms with Gasteiger partial charge in [-0.1, -0.05) is 30.3 Å². The summed E-state index contributed by atoms with van der Waals surface area (Å²) in [5, 5.41) is 8.72. The second-order valence-electron chi connectivity index (χ2n) is 7.47. The lowest BCUT2D eigenvalue weighted by Gasteiger charge is -2.36. The third-order valence-corrected chi connectivity index (χ3v) is 5.37. The van der Waals surface area contributed by atoms with Gasteiger partial charge in [-0.15, -0.1) is 10.2 Å². The molecule has 1 aliphatic rings. The van der Waals surface area contributed by atoms with Crippen LogP contribution in [-0.2, 0) is 16.1 Å². The van der Waals surface area contributed by atoms with Crippen molar-refractivity contribution in [3.8, 4) is 11.3 Å². The maximum Gasteiger partial charge on any atom is 0.242 e. The zero-order chi connectivity index (χ0) is 21.6. The molecule has 3 heterocycles. The van der Waals surface area contributed by atoms with Crippen molar-refractivity contribution in [1.82, 2.24) is 20.0 Å². The van der Waals surface area contributed by atoms with Crippen molar-refractivity contribution in [3.05, 3.63) is 66.6 Å². The standard InChI is InChI=1S/C23H25N5O3/c1-18(29)28(16-20-8-5-15-31-20)17-23(30)27-13-11-26(12-14-27)22-10-9-21(24-25-22)19-6-3-2-4-7-19/h2-10,15H,11-14,16-17H2,1H3.